The lowest BCUT2D eigenvalue weighted by Crippen LogP contribution is -2.48. The van der Waals surface area contributed by atoms with Gasteiger partial charge >= 0.3 is 0 Å². The number of fused-ring (bicyclic) bond motifs is 10. The minimum Gasteiger partial charge on any atom is -0.372 e. The van der Waals surface area contributed by atoms with Crippen molar-refractivity contribution in [1.29, 1.82) is 0 Å². The van der Waals surface area contributed by atoms with Crippen LogP contribution in [0, 0.1) is 54.3 Å². The van der Waals surface area contributed by atoms with Gasteiger partial charge in [0, 0.05) is 135 Å². The number of para-hydroxylation sites is 3. The number of piperidine rings is 3. The van der Waals surface area contributed by atoms with Crippen molar-refractivity contribution >= 4 is 22.3 Å². The van der Waals surface area contributed by atoms with Crippen LogP contribution in [0.3, 0.4) is 0 Å². The van der Waals surface area contributed by atoms with Crippen LogP contribution >= 0.6 is 0 Å². The van der Waals surface area contributed by atoms with E-state index in [4.69, 9.17) is 0 Å². The van der Waals surface area contributed by atoms with Crippen molar-refractivity contribution in [3.8, 4) is 0 Å². The van der Waals surface area contributed by atoms with Crippen LogP contribution in [-0.4, -0.2) is 194 Å². The molecule has 12 fully saturated rings. The number of likely N-dealkylation sites (tertiary alicyclic amines) is 6. The molecule has 5 aromatic rings. The maximum absolute atomic E-state index is 2.63. The number of aryl methyl sites for hydroxylation is 3. The van der Waals surface area contributed by atoms with E-state index in [0.29, 0.717) is 18.1 Å². The van der Waals surface area contributed by atoms with Crippen molar-refractivity contribution in [3.05, 3.63) is 131 Å². The standard InChI is InChI=1S/2C11H21N.C11H15N.C11H21N.C11H15N.2C10H19N.C10H13N.C10H11N.C9H17N/c1-9-7-10-5-3-4-6-11(10)8-12(9)2;2*1-9-11-6-4-3-5-10(11)7-8-12(9)2;2*1-9-7-8-10-5-3-4-6-11(10)12(9)2;4*1-8-7-9-5-3-4-6-10(9)11(8)2;1-7-6-8-4-3-5-9(8)10(7)2/h2*9-11H,3-8H2,1-2H3;3-6,9H,7-8H2,1-2H3;9-11H,3-8H2,1-2H3;3-6,9H,7-8H2,1-2H3;2*8-10H,3-7H2,1-2H3;3-6,8H,7H2,1-2H3;3-7H,1-2H3;7-9H,3-6H2,1-2H3. The first-order valence-corrected chi connectivity index (χ1v) is 48.1. The Bertz CT molecular complexity index is 3440. The van der Waals surface area contributed by atoms with Gasteiger partial charge < -0.3 is 43.8 Å². The molecule has 638 valence electrons. The first-order valence-electron chi connectivity index (χ1n) is 48.1. The maximum Gasteiger partial charge on any atom is 0.0479 e. The topological polar surface area (TPSA) is 34.1 Å². The number of hydrogen-bond acceptors (Lipinski definition) is 9. The smallest absolute Gasteiger partial charge is 0.0479 e. The fourth-order valence-electron chi connectivity index (χ4n) is 24.7. The van der Waals surface area contributed by atoms with Gasteiger partial charge in [0.25, 0.3) is 0 Å². The lowest BCUT2D eigenvalue weighted by molar-refractivity contribution is 0.0447. The zero-order valence-electron chi connectivity index (χ0n) is 77.1. The van der Waals surface area contributed by atoms with Gasteiger partial charge in [-0.2, -0.15) is 0 Å². The Hall–Kier alpha value is -4.26. The Morgan fingerprint density at radius 2 is 0.754 bits per heavy atom. The van der Waals surface area contributed by atoms with Crippen molar-refractivity contribution in [1.82, 2.24) is 38.9 Å². The van der Waals surface area contributed by atoms with Crippen LogP contribution in [0.4, 0.5) is 11.4 Å². The van der Waals surface area contributed by atoms with Crippen LogP contribution in [0.1, 0.15) is 295 Å². The van der Waals surface area contributed by atoms with Gasteiger partial charge in [-0.05, 0) is 359 Å². The quantitative estimate of drug-likeness (QED) is 0.151. The molecule has 21 atom stereocenters. The predicted octanol–water partition coefficient (Wildman–Crippen LogP) is 23.4. The second-order valence-electron chi connectivity index (χ2n) is 40.4. The summed E-state index contributed by atoms with van der Waals surface area (Å²) in [5.41, 5.74) is 11.5. The number of hydrogen-bond donors (Lipinski definition) is 0. The monoisotopic (exact) mass is 1560 g/mol. The van der Waals surface area contributed by atoms with Gasteiger partial charge in [-0.15, -0.1) is 0 Å². The molecule has 4 aromatic carbocycles. The molecule has 6 saturated carbocycles. The van der Waals surface area contributed by atoms with Gasteiger partial charge in [0.15, 0.2) is 0 Å². The highest BCUT2D eigenvalue weighted by Gasteiger charge is 2.42. The van der Waals surface area contributed by atoms with Gasteiger partial charge in [0.1, 0.15) is 0 Å². The molecule has 0 N–H and O–H groups in total. The predicted molar refractivity (Wildman–Crippen MR) is 494 cm³/mol. The van der Waals surface area contributed by atoms with E-state index >= 15 is 0 Å². The number of anilines is 2. The molecule has 0 amide bonds. The summed E-state index contributed by atoms with van der Waals surface area (Å²) >= 11 is 0. The summed E-state index contributed by atoms with van der Waals surface area (Å²) in [6.07, 6.45) is 49.4. The summed E-state index contributed by atoms with van der Waals surface area (Å²) in [6, 6.07) is 47.5. The van der Waals surface area contributed by atoms with Crippen molar-refractivity contribution in [3.63, 3.8) is 0 Å². The van der Waals surface area contributed by atoms with E-state index in [1.54, 1.807) is 0 Å². The van der Waals surface area contributed by atoms with E-state index < -0.39 is 0 Å². The second kappa shape index (κ2) is 43.8. The molecule has 1 aromatic heterocycles. The van der Waals surface area contributed by atoms with Gasteiger partial charge in [-0.3, -0.25) is 4.90 Å². The third-order valence-corrected chi connectivity index (χ3v) is 33.6. The van der Waals surface area contributed by atoms with E-state index in [1.165, 1.54) is 288 Å². The first-order chi connectivity index (χ1) is 54.9. The fraction of sp³-hybridized carbons (Fsp3) is 0.750. The number of likely N-dealkylation sites (N-methyl/N-ethyl adjacent to an activating group) is 2. The molecule has 0 bridgehead atoms. The largest absolute Gasteiger partial charge is 0.372 e. The molecule has 0 spiro atoms. The second-order valence-corrected chi connectivity index (χ2v) is 40.4. The highest BCUT2D eigenvalue weighted by Crippen LogP contribution is 2.44. The highest BCUT2D eigenvalue weighted by molar-refractivity contribution is 5.81. The molecule has 10 heteroatoms. The molecule has 20 rings (SSSR count). The zero-order chi connectivity index (χ0) is 81.3. The summed E-state index contributed by atoms with van der Waals surface area (Å²) < 4.78 is 2.20. The average molecular weight is 1560 g/mol. The number of rotatable bonds is 0. The van der Waals surface area contributed by atoms with Crippen molar-refractivity contribution < 1.29 is 0 Å². The summed E-state index contributed by atoms with van der Waals surface area (Å²) in [5, 5.41) is 1.33. The van der Waals surface area contributed by atoms with Crippen LogP contribution in [0.15, 0.2) is 103 Å². The molecule has 0 radical (unpaired) electrons. The Morgan fingerprint density at radius 1 is 0.307 bits per heavy atom. The molecular weight excluding hydrogens is 1390 g/mol. The summed E-state index contributed by atoms with van der Waals surface area (Å²) in [4.78, 5) is 22.6. The minimum absolute atomic E-state index is 0.593. The van der Waals surface area contributed by atoms with Crippen molar-refractivity contribution in [2.24, 2.45) is 54.4 Å². The fourth-order valence-corrected chi connectivity index (χ4v) is 24.7. The Balaban J connectivity index is 0.000000125. The SMILES string of the molecule is CC1C2CCCCC2CCN1C.CC1CC2CCCC2N1C.CC1CC2CCCCC2CN1C.CC1CC2CCCCC2N1C.CC1CC2CCCCC2N1C.CC1CCC2CCCCC2N1C.CC1CCc2ccccc2N1C.CC1Cc2ccccc2N1C.CC1c2ccccc2CCN1C.Cc1cc2ccccc2n1C. The van der Waals surface area contributed by atoms with Gasteiger partial charge in [0.2, 0.25) is 0 Å². The Kier molecular flexibility index (Phi) is 34.8. The lowest BCUT2D eigenvalue weighted by Gasteiger charge is -2.45. The molecule has 15 aliphatic rings. The lowest BCUT2D eigenvalue weighted by atomic mass is 9.71. The molecular formula is C104H172N10. The molecule has 21 unspecified atom stereocenters. The van der Waals surface area contributed by atoms with Gasteiger partial charge in [-0.1, -0.05) is 162 Å². The Labute approximate surface area is 701 Å². The van der Waals surface area contributed by atoms with E-state index in [-0.39, 0.29) is 0 Å². The number of aromatic nitrogens is 1. The number of benzene rings is 4. The molecule has 114 heavy (non-hydrogen) atoms. The van der Waals surface area contributed by atoms with E-state index in [9.17, 15) is 0 Å². The van der Waals surface area contributed by atoms with Crippen LogP contribution in [-0.2, 0) is 26.3 Å². The molecule has 6 aliphatic carbocycles. The highest BCUT2D eigenvalue weighted by atomic mass is 15.2. The van der Waals surface area contributed by atoms with E-state index in [1.807, 2.05) is 0 Å². The zero-order valence-corrected chi connectivity index (χ0v) is 77.1. The summed E-state index contributed by atoms with van der Waals surface area (Å²) in [7, 11) is 22.4. The van der Waals surface area contributed by atoms with Gasteiger partial charge in [-0.25, -0.2) is 0 Å². The van der Waals surface area contributed by atoms with Crippen molar-refractivity contribution in [2.75, 3.05) is 92.9 Å². The summed E-state index contributed by atoms with van der Waals surface area (Å²) in [5.74, 6) is 8.40. The van der Waals surface area contributed by atoms with Crippen LogP contribution in [0.2, 0.25) is 0 Å². The van der Waals surface area contributed by atoms with E-state index in [0.717, 1.165) is 108 Å². The molecule has 10 nitrogen and oxygen atoms in total. The van der Waals surface area contributed by atoms with Crippen LogP contribution < -0.4 is 9.80 Å². The number of nitrogens with zero attached hydrogens (tertiary/aromatic N) is 10. The third-order valence-electron chi connectivity index (χ3n) is 33.6. The maximum atomic E-state index is 2.63. The molecule has 6 saturated heterocycles. The third kappa shape index (κ3) is 23.5. The van der Waals surface area contributed by atoms with E-state index in [2.05, 4.69) is 292 Å². The molecule has 10 heterocycles. The van der Waals surface area contributed by atoms with Crippen LogP contribution in [0.25, 0.3) is 10.9 Å². The molecule has 9 aliphatic heterocycles. The summed E-state index contributed by atoms with van der Waals surface area (Å²) in [6.45, 7) is 27.1. The first kappa shape index (κ1) is 90.5. The average Bonchev–Trinajstić information content (AvgIpc) is 1.59. The van der Waals surface area contributed by atoms with Gasteiger partial charge in [0.05, 0.1) is 0 Å². The van der Waals surface area contributed by atoms with Crippen molar-refractivity contribution in [2.45, 2.75) is 366 Å². The normalized spacial score (nSPS) is 34.9. The minimum atomic E-state index is 0.593. The Morgan fingerprint density at radius 3 is 1.34 bits per heavy atom. The van der Waals surface area contributed by atoms with Crippen LogP contribution in [0.5, 0.6) is 0 Å².